The van der Waals surface area contributed by atoms with Gasteiger partial charge in [0, 0.05) is 10.7 Å². The number of benzene rings is 1. The first-order valence-corrected chi connectivity index (χ1v) is 7.17. The Morgan fingerprint density at radius 1 is 1.14 bits per heavy atom. The first-order chi connectivity index (χ1) is 10.2. The van der Waals surface area contributed by atoms with Crippen LogP contribution in [0.1, 0.15) is 5.69 Å². The zero-order valence-electron chi connectivity index (χ0n) is 11.6. The van der Waals surface area contributed by atoms with Crippen LogP contribution in [0.3, 0.4) is 0 Å². The van der Waals surface area contributed by atoms with Crippen molar-refractivity contribution >= 4 is 33.1 Å². The largest absolute Gasteiger partial charge is 0.494 e. The summed E-state index contributed by atoms with van der Waals surface area (Å²) in [5.41, 5.74) is 2.35. The number of hydrogen-bond donors (Lipinski definition) is 0. The van der Waals surface area contributed by atoms with E-state index in [0.717, 1.165) is 15.8 Å². The summed E-state index contributed by atoms with van der Waals surface area (Å²) in [6, 6.07) is 11.4. The predicted molar refractivity (Wildman–Crippen MR) is 84.8 cm³/mol. The SMILES string of the molecule is COc1ccccc1N=Nc1c(C)nc2ccc(Br)cn12. The monoisotopic (exact) mass is 344 g/mol. The van der Waals surface area contributed by atoms with Gasteiger partial charge in [-0.1, -0.05) is 12.1 Å². The van der Waals surface area contributed by atoms with Crippen LogP contribution in [-0.2, 0) is 0 Å². The smallest absolute Gasteiger partial charge is 0.182 e. The van der Waals surface area contributed by atoms with Gasteiger partial charge >= 0.3 is 0 Å². The molecule has 106 valence electrons. The molecule has 5 nitrogen and oxygen atoms in total. The van der Waals surface area contributed by atoms with E-state index in [4.69, 9.17) is 4.74 Å². The zero-order chi connectivity index (χ0) is 14.8. The quantitative estimate of drug-likeness (QED) is 0.639. The maximum absolute atomic E-state index is 5.27. The number of aryl methyl sites for hydroxylation is 1. The van der Waals surface area contributed by atoms with Gasteiger partial charge < -0.3 is 4.74 Å². The molecule has 0 fully saturated rings. The molecule has 0 aliphatic carbocycles. The average Bonchev–Trinajstić information content (AvgIpc) is 2.80. The summed E-state index contributed by atoms with van der Waals surface area (Å²) >= 11 is 3.45. The van der Waals surface area contributed by atoms with E-state index in [9.17, 15) is 0 Å². The number of azo groups is 1. The van der Waals surface area contributed by atoms with Gasteiger partial charge in [-0.2, -0.15) is 0 Å². The Bertz CT molecular complexity index is 826. The molecule has 2 heterocycles. The number of para-hydroxylation sites is 1. The van der Waals surface area contributed by atoms with Crippen LogP contribution in [0.2, 0.25) is 0 Å². The summed E-state index contributed by atoms with van der Waals surface area (Å²) < 4.78 is 8.13. The van der Waals surface area contributed by atoms with Crippen molar-refractivity contribution in [3.05, 3.63) is 52.8 Å². The van der Waals surface area contributed by atoms with Crippen molar-refractivity contribution in [3.8, 4) is 5.75 Å². The minimum absolute atomic E-state index is 0.685. The lowest BCUT2D eigenvalue weighted by molar-refractivity contribution is 0.416. The summed E-state index contributed by atoms with van der Waals surface area (Å²) in [5, 5.41) is 8.62. The highest BCUT2D eigenvalue weighted by molar-refractivity contribution is 9.10. The van der Waals surface area contributed by atoms with Crippen molar-refractivity contribution in [3.63, 3.8) is 0 Å². The van der Waals surface area contributed by atoms with Gasteiger partial charge in [0.1, 0.15) is 17.1 Å². The average molecular weight is 345 g/mol. The molecule has 2 aromatic heterocycles. The van der Waals surface area contributed by atoms with Gasteiger partial charge in [0.05, 0.1) is 12.8 Å². The third-order valence-corrected chi connectivity index (χ3v) is 3.53. The molecular weight excluding hydrogens is 332 g/mol. The number of rotatable bonds is 3. The first kappa shape index (κ1) is 13.8. The van der Waals surface area contributed by atoms with Crippen molar-refractivity contribution in [1.29, 1.82) is 0 Å². The van der Waals surface area contributed by atoms with Crippen LogP contribution in [0.25, 0.3) is 5.65 Å². The van der Waals surface area contributed by atoms with Crippen LogP contribution < -0.4 is 4.74 Å². The summed E-state index contributed by atoms with van der Waals surface area (Å²) in [7, 11) is 1.62. The summed E-state index contributed by atoms with van der Waals surface area (Å²) in [4.78, 5) is 4.47. The number of nitrogens with zero attached hydrogens (tertiary/aromatic N) is 4. The summed E-state index contributed by atoms with van der Waals surface area (Å²) in [5.74, 6) is 1.39. The molecule has 0 saturated heterocycles. The van der Waals surface area contributed by atoms with Gasteiger partial charge in [0.15, 0.2) is 5.82 Å². The Hall–Kier alpha value is -2.21. The highest BCUT2D eigenvalue weighted by Gasteiger charge is 2.08. The lowest BCUT2D eigenvalue weighted by Crippen LogP contribution is -1.83. The Kier molecular flexibility index (Phi) is 3.70. The maximum atomic E-state index is 5.27. The second kappa shape index (κ2) is 5.65. The summed E-state index contributed by atoms with van der Waals surface area (Å²) in [6.45, 7) is 1.91. The number of hydrogen-bond acceptors (Lipinski definition) is 4. The second-order valence-corrected chi connectivity index (χ2v) is 5.38. The van der Waals surface area contributed by atoms with Gasteiger partial charge in [-0.05, 0) is 47.1 Å². The number of fused-ring (bicyclic) bond motifs is 1. The predicted octanol–water partition coefficient (Wildman–Crippen LogP) is 4.83. The topological polar surface area (TPSA) is 51.2 Å². The Morgan fingerprint density at radius 2 is 1.95 bits per heavy atom. The molecule has 0 aliphatic rings. The van der Waals surface area contributed by atoms with E-state index < -0.39 is 0 Å². The van der Waals surface area contributed by atoms with E-state index in [2.05, 4.69) is 31.1 Å². The van der Waals surface area contributed by atoms with Gasteiger partial charge in [-0.3, -0.25) is 4.40 Å². The van der Waals surface area contributed by atoms with Crippen molar-refractivity contribution < 1.29 is 4.74 Å². The first-order valence-electron chi connectivity index (χ1n) is 6.38. The fraction of sp³-hybridized carbons (Fsp3) is 0.133. The van der Waals surface area contributed by atoms with Gasteiger partial charge in [0.25, 0.3) is 0 Å². The van der Waals surface area contributed by atoms with Crippen molar-refractivity contribution in [2.45, 2.75) is 6.92 Å². The van der Waals surface area contributed by atoms with E-state index >= 15 is 0 Å². The number of methoxy groups -OCH3 is 1. The molecule has 0 spiro atoms. The third kappa shape index (κ3) is 2.67. The fourth-order valence-corrected chi connectivity index (χ4v) is 2.39. The Morgan fingerprint density at radius 3 is 2.76 bits per heavy atom. The molecule has 0 saturated carbocycles. The Labute approximate surface area is 130 Å². The normalized spacial score (nSPS) is 11.4. The zero-order valence-corrected chi connectivity index (χ0v) is 13.2. The lowest BCUT2D eigenvalue weighted by atomic mass is 10.3. The molecule has 3 aromatic rings. The van der Waals surface area contributed by atoms with E-state index in [1.54, 1.807) is 7.11 Å². The van der Waals surface area contributed by atoms with Crippen LogP contribution in [0, 0.1) is 6.92 Å². The fourth-order valence-electron chi connectivity index (χ4n) is 2.06. The van der Waals surface area contributed by atoms with Crippen molar-refractivity contribution in [1.82, 2.24) is 9.38 Å². The number of halogens is 1. The molecule has 0 amide bonds. The van der Waals surface area contributed by atoms with E-state index in [1.807, 2.05) is 53.9 Å². The minimum atomic E-state index is 0.685. The molecule has 1 aromatic carbocycles. The van der Waals surface area contributed by atoms with Crippen LogP contribution in [-0.4, -0.2) is 16.5 Å². The molecule has 6 heteroatoms. The molecule has 0 aliphatic heterocycles. The van der Waals surface area contributed by atoms with Gasteiger partial charge in [0.2, 0.25) is 0 Å². The lowest BCUT2D eigenvalue weighted by Gasteiger charge is -2.02. The number of aromatic nitrogens is 2. The second-order valence-electron chi connectivity index (χ2n) is 4.47. The molecule has 21 heavy (non-hydrogen) atoms. The van der Waals surface area contributed by atoms with E-state index in [0.29, 0.717) is 17.3 Å². The molecule has 0 unspecified atom stereocenters. The van der Waals surface area contributed by atoms with Crippen LogP contribution in [0.15, 0.2) is 57.3 Å². The summed E-state index contributed by atoms with van der Waals surface area (Å²) in [6.07, 6.45) is 1.92. The Balaban J connectivity index is 2.07. The highest BCUT2D eigenvalue weighted by Crippen LogP contribution is 2.30. The number of imidazole rings is 1. The van der Waals surface area contributed by atoms with Crippen molar-refractivity contribution in [2.24, 2.45) is 10.2 Å². The molecule has 0 atom stereocenters. The van der Waals surface area contributed by atoms with E-state index in [-0.39, 0.29) is 0 Å². The minimum Gasteiger partial charge on any atom is -0.494 e. The van der Waals surface area contributed by atoms with Gasteiger partial charge in [-0.25, -0.2) is 4.98 Å². The highest BCUT2D eigenvalue weighted by atomic mass is 79.9. The van der Waals surface area contributed by atoms with E-state index in [1.165, 1.54) is 0 Å². The standard InChI is InChI=1S/C15H13BrN4O/c1-10-15(20-9-11(16)7-8-14(20)17-10)19-18-12-5-3-4-6-13(12)21-2/h3-9H,1-2H3. The van der Waals surface area contributed by atoms with Crippen molar-refractivity contribution in [2.75, 3.05) is 7.11 Å². The molecule has 3 rings (SSSR count). The molecule has 0 radical (unpaired) electrons. The maximum Gasteiger partial charge on any atom is 0.182 e. The molecule has 0 N–H and O–H groups in total. The van der Waals surface area contributed by atoms with Crippen LogP contribution in [0.5, 0.6) is 5.75 Å². The molecule has 0 bridgehead atoms. The third-order valence-electron chi connectivity index (χ3n) is 3.06. The van der Waals surface area contributed by atoms with Crippen LogP contribution >= 0.6 is 15.9 Å². The van der Waals surface area contributed by atoms with Gasteiger partial charge in [-0.15, -0.1) is 10.2 Å². The number of ether oxygens (including phenoxy) is 1. The number of pyridine rings is 1. The van der Waals surface area contributed by atoms with Crippen LogP contribution in [0.4, 0.5) is 11.5 Å². The molecular formula is C15H13BrN4O.